The molecule has 0 radical (unpaired) electrons. The van der Waals surface area contributed by atoms with Gasteiger partial charge in [0, 0.05) is 39.3 Å². The van der Waals surface area contributed by atoms with Crippen LogP contribution in [0.15, 0.2) is 24.3 Å². The van der Waals surface area contributed by atoms with Crippen molar-refractivity contribution in [2.24, 2.45) is 5.92 Å². The number of carbonyl (C=O) groups is 1. The molecule has 5 heteroatoms. The molecule has 2 atom stereocenters. The Morgan fingerprint density at radius 3 is 2.79 bits per heavy atom. The number of morpholine rings is 1. The van der Waals surface area contributed by atoms with E-state index in [-0.39, 0.29) is 11.9 Å². The predicted octanol–water partition coefficient (Wildman–Crippen LogP) is 0.882. The Bertz CT molecular complexity index is 586. The maximum atomic E-state index is 12.9. The summed E-state index contributed by atoms with van der Waals surface area (Å²) in [5, 5.41) is 3.43. The number of hydrogen-bond donors (Lipinski definition) is 1. The van der Waals surface area contributed by atoms with Gasteiger partial charge in [0.15, 0.2) is 0 Å². The molecule has 1 amide bonds. The summed E-state index contributed by atoms with van der Waals surface area (Å²) in [7, 11) is 0. The van der Waals surface area contributed by atoms with E-state index in [1.165, 1.54) is 11.1 Å². The number of carbonyl (C=O) groups excluding carboxylic acids is 1. The molecule has 130 valence electrons. The van der Waals surface area contributed by atoms with Gasteiger partial charge in [0.1, 0.15) is 0 Å². The topological polar surface area (TPSA) is 44.8 Å². The van der Waals surface area contributed by atoms with Gasteiger partial charge in [0.2, 0.25) is 5.91 Å². The monoisotopic (exact) mass is 329 g/mol. The van der Waals surface area contributed by atoms with Gasteiger partial charge in [0.25, 0.3) is 0 Å². The van der Waals surface area contributed by atoms with Gasteiger partial charge in [-0.15, -0.1) is 0 Å². The van der Waals surface area contributed by atoms with Gasteiger partial charge in [-0.3, -0.25) is 9.69 Å². The second-order valence-corrected chi connectivity index (χ2v) is 7.26. The van der Waals surface area contributed by atoms with Crippen molar-refractivity contribution in [3.8, 4) is 0 Å². The van der Waals surface area contributed by atoms with Crippen molar-refractivity contribution in [2.45, 2.75) is 25.4 Å². The highest BCUT2D eigenvalue weighted by Crippen LogP contribution is 2.22. The number of benzene rings is 1. The molecule has 3 aliphatic rings. The molecule has 0 aliphatic carbocycles. The van der Waals surface area contributed by atoms with Crippen molar-refractivity contribution in [2.75, 3.05) is 45.9 Å². The minimum Gasteiger partial charge on any atom is -0.379 e. The Morgan fingerprint density at radius 2 is 1.96 bits per heavy atom. The number of nitrogens with one attached hydrogen (secondary N) is 1. The van der Waals surface area contributed by atoms with Crippen LogP contribution in [-0.2, 0) is 22.5 Å². The fourth-order valence-electron chi connectivity index (χ4n) is 4.18. The molecule has 3 heterocycles. The summed E-state index contributed by atoms with van der Waals surface area (Å²) in [6.07, 6.45) is 1.95. The van der Waals surface area contributed by atoms with E-state index >= 15 is 0 Å². The molecule has 0 unspecified atom stereocenters. The van der Waals surface area contributed by atoms with E-state index in [9.17, 15) is 4.79 Å². The van der Waals surface area contributed by atoms with E-state index in [0.717, 1.165) is 65.3 Å². The van der Waals surface area contributed by atoms with Crippen LogP contribution in [0, 0.1) is 5.92 Å². The number of hydrogen-bond acceptors (Lipinski definition) is 4. The highest BCUT2D eigenvalue weighted by atomic mass is 16.5. The molecule has 0 aromatic heterocycles. The molecule has 1 aromatic carbocycles. The highest BCUT2D eigenvalue weighted by Gasteiger charge is 2.33. The molecule has 3 aliphatic heterocycles. The van der Waals surface area contributed by atoms with E-state index in [2.05, 4.69) is 39.4 Å². The number of nitrogens with zero attached hydrogens (tertiary/aromatic N) is 2. The summed E-state index contributed by atoms with van der Waals surface area (Å²) < 4.78 is 5.42. The van der Waals surface area contributed by atoms with E-state index < -0.39 is 0 Å². The third kappa shape index (κ3) is 3.48. The molecule has 0 bridgehead atoms. The maximum Gasteiger partial charge on any atom is 0.240 e. The molecule has 2 saturated heterocycles. The predicted molar refractivity (Wildman–Crippen MR) is 92.7 cm³/mol. The maximum absolute atomic E-state index is 12.9. The Labute approximate surface area is 144 Å². The lowest BCUT2D eigenvalue weighted by atomic mass is 9.95. The minimum absolute atomic E-state index is 0.0537. The molecule has 5 nitrogen and oxygen atoms in total. The zero-order valence-corrected chi connectivity index (χ0v) is 14.2. The van der Waals surface area contributed by atoms with Gasteiger partial charge in [-0.2, -0.15) is 0 Å². The van der Waals surface area contributed by atoms with E-state index in [4.69, 9.17) is 4.74 Å². The lowest BCUT2D eigenvalue weighted by Gasteiger charge is -2.30. The fourth-order valence-corrected chi connectivity index (χ4v) is 4.18. The molecule has 2 fully saturated rings. The van der Waals surface area contributed by atoms with E-state index in [1.54, 1.807) is 0 Å². The summed E-state index contributed by atoms with van der Waals surface area (Å²) in [6.45, 7) is 7.49. The number of fused-ring (bicyclic) bond motifs is 1. The minimum atomic E-state index is -0.0537. The van der Waals surface area contributed by atoms with Crippen LogP contribution in [0.4, 0.5) is 0 Å². The van der Waals surface area contributed by atoms with Crippen molar-refractivity contribution < 1.29 is 9.53 Å². The quantitative estimate of drug-likeness (QED) is 0.894. The Kier molecular flexibility index (Phi) is 4.83. The van der Waals surface area contributed by atoms with Crippen molar-refractivity contribution in [1.29, 1.82) is 0 Å². The van der Waals surface area contributed by atoms with Gasteiger partial charge < -0.3 is 15.0 Å². The Balaban J connectivity index is 1.31. The van der Waals surface area contributed by atoms with Crippen molar-refractivity contribution in [1.82, 2.24) is 15.1 Å². The average Bonchev–Trinajstić information content (AvgIpc) is 3.10. The molecule has 1 aromatic rings. The van der Waals surface area contributed by atoms with Crippen LogP contribution in [0.5, 0.6) is 0 Å². The summed E-state index contributed by atoms with van der Waals surface area (Å²) >= 11 is 0. The number of likely N-dealkylation sites (tertiary alicyclic amines) is 1. The third-order valence-electron chi connectivity index (χ3n) is 5.60. The first-order chi connectivity index (χ1) is 11.8. The number of ether oxygens (including phenoxy) is 1. The van der Waals surface area contributed by atoms with Crippen LogP contribution in [-0.4, -0.2) is 67.7 Å². The lowest BCUT2D eigenvalue weighted by Crippen LogP contribution is -2.49. The van der Waals surface area contributed by atoms with Crippen molar-refractivity contribution in [3.05, 3.63) is 35.4 Å². The van der Waals surface area contributed by atoms with Crippen LogP contribution in [0.3, 0.4) is 0 Å². The Hall–Kier alpha value is -1.43. The van der Waals surface area contributed by atoms with E-state index in [1.807, 2.05) is 0 Å². The van der Waals surface area contributed by atoms with Crippen LogP contribution in [0.1, 0.15) is 17.5 Å². The molecule has 1 N–H and O–H groups in total. The molecule has 0 spiro atoms. The second-order valence-electron chi connectivity index (χ2n) is 7.26. The van der Waals surface area contributed by atoms with Crippen molar-refractivity contribution in [3.63, 3.8) is 0 Å². The standard InChI is InChI=1S/C19H27N3O2/c23-19(18-11-16-3-1-2-4-17(16)12-20-18)22-6-5-15(14-22)13-21-7-9-24-10-8-21/h1-4,15,18,20H,5-14H2/t15-,18+/m1/s1. The number of rotatable bonds is 3. The van der Waals surface area contributed by atoms with Gasteiger partial charge in [-0.1, -0.05) is 24.3 Å². The van der Waals surface area contributed by atoms with Crippen molar-refractivity contribution >= 4 is 5.91 Å². The van der Waals surface area contributed by atoms with Gasteiger partial charge in [-0.05, 0) is 29.9 Å². The van der Waals surface area contributed by atoms with Crippen LogP contribution in [0.25, 0.3) is 0 Å². The largest absolute Gasteiger partial charge is 0.379 e. The molecular weight excluding hydrogens is 302 g/mol. The fraction of sp³-hybridized carbons (Fsp3) is 0.632. The zero-order valence-electron chi connectivity index (χ0n) is 14.2. The van der Waals surface area contributed by atoms with Crippen LogP contribution in [0.2, 0.25) is 0 Å². The summed E-state index contributed by atoms with van der Waals surface area (Å²) in [4.78, 5) is 17.4. The lowest BCUT2D eigenvalue weighted by molar-refractivity contribution is -0.132. The summed E-state index contributed by atoms with van der Waals surface area (Å²) in [6, 6.07) is 8.39. The van der Waals surface area contributed by atoms with Crippen LogP contribution >= 0.6 is 0 Å². The third-order valence-corrected chi connectivity index (χ3v) is 5.60. The molecular formula is C19H27N3O2. The van der Waals surface area contributed by atoms with Gasteiger partial charge in [0.05, 0.1) is 19.3 Å². The summed E-state index contributed by atoms with van der Waals surface area (Å²) in [5.41, 5.74) is 2.65. The first kappa shape index (κ1) is 16.1. The smallest absolute Gasteiger partial charge is 0.240 e. The normalized spacial score (nSPS) is 27.9. The van der Waals surface area contributed by atoms with Gasteiger partial charge >= 0.3 is 0 Å². The second kappa shape index (κ2) is 7.21. The first-order valence-electron chi connectivity index (χ1n) is 9.18. The van der Waals surface area contributed by atoms with E-state index in [0.29, 0.717) is 5.92 Å². The molecule has 4 rings (SSSR count). The average molecular weight is 329 g/mol. The summed E-state index contributed by atoms with van der Waals surface area (Å²) in [5.74, 6) is 0.900. The highest BCUT2D eigenvalue weighted by molar-refractivity contribution is 5.82. The van der Waals surface area contributed by atoms with Crippen LogP contribution < -0.4 is 5.32 Å². The molecule has 24 heavy (non-hydrogen) atoms. The first-order valence-corrected chi connectivity index (χ1v) is 9.18. The Morgan fingerprint density at radius 1 is 1.17 bits per heavy atom. The zero-order chi connectivity index (χ0) is 16.4. The SMILES string of the molecule is O=C([C@@H]1Cc2ccccc2CN1)N1CC[C@H](CN2CCOCC2)C1. The number of amides is 1. The van der Waals surface area contributed by atoms with Gasteiger partial charge in [-0.25, -0.2) is 0 Å². The molecule has 0 saturated carbocycles.